The quantitative estimate of drug-likeness (QED) is 0.474. The highest BCUT2D eigenvalue weighted by molar-refractivity contribution is 5.61. The van der Waals surface area contributed by atoms with E-state index in [4.69, 9.17) is 0 Å². The maximum Gasteiger partial charge on any atom is 0.292 e. The van der Waals surface area contributed by atoms with E-state index in [0.717, 1.165) is 12.8 Å². The summed E-state index contributed by atoms with van der Waals surface area (Å²) in [5, 5.41) is 14.8. The summed E-state index contributed by atoms with van der Waals surface area (Å²) in [5.41, 5.74) is 0.858. The Bertz CT molecular complexity index is 661. The van der Waals surface area contributed by atoms with Crippen LogP contribution in [0, 0.1) is 10.1 Å². The van der Waals surface area contributed by atoms with E-state index in [1.165, 1.54) is 44.9 Å². The van der Waals surface area contributed by atoms with Crippen molar-refractivity contribution >= 4 is 11.4 Å². The van der Waals surface area contributed by atoms with E-state index < -0.39 is 0 Å². The molecule has 5 nitrogen and oxygen atoms in total. The minimum atomic E-state index is -0.285. The highest BCUT2D eigenvalue weighted by atomic mass is 16.6. The first-order valence-electron chi connectivity index (χ1n) is 10.1. The maximum absolute atomic E-state index is 11.3. The number of piperidine rings is 1. The molecule has 1 aromatic rings. The predicted octanol–water partition coefficient (Wildman–Crippen LogP) is 4.89. The Kier molecular flexibility index (Phi) is 5.25. The normalized spacial score (nSPS) is 33.2. The molecule has 0 saturated carbocycles. The molecule has 0 radical (unpaired) electrons. The van der Waals surface area contributed by atoms with Crippen LogP contribution in [0.15, 0.2) is 36.4 Å². The van der Waals surface area contributed by atoms with Crippen LogP contribution in [0.5, 0.6) is 0 Å². The largest absolute Gasteiger partial charge is 0.377 e. The second-order valence-electron chi connectivity index (χ2n) is 8.06. The number of benzene rings is 1. The molecule has 5 heteroatoms. The first kappa shape index (κ1) is 17.5. The average molecular weight is 355 g/mol. The van der Waals surface area contributed by atoms with Gasteiger partial charge < -0.3 is 5.32 Å². The van der Waals surface area contributed by atoms with Gasteiger partial charge in [-0.1, -0.05) is 30.7 Å². The fourth-order valence-electron chi connectivity index (χ4n) is 5.30. The van der Waals surface area contributed by atoms with E-state index in [0.29, 0.717) is 29.9 Å². The second-order valence-corrected chi connectivity index (χ2v) is 8.06. The number of rotatable bonds is 4. The van der Waals surface area contributed by atoms with Crippen LogP contribution in [-0.2, 0) is 0 Å². The van der Waals surface area contributed by atoms with Crippen molar-refractivity contribution in [3.63, 3.8) is 0 Å². The first-order valence-corrected chi connectivity index (χ1v) is 10.1. The van der Waals surface area contributed by atoms with Crippen LogP contribution in [0.1, 0.15) is 57.8 Å². The summed E-state index contributed by atoms with van der Waals surface area (Å²) in [6.07, 6.45) is 15.9. The van der Waals surface area contributed by atoms with Crippen molar-refractivity contribution in [3.05, 3.63) is 46.5 Å². The number of fused-ring (bicyclic) bond motifs is 2. The van der Waals surface area contributed by atoms with E-state index in [1.54, 1.807) is 12.1 Å². The lowest BCUT2D eigenvalue weighted by atomic mass is 9.91. The lowest BCUT2D eigenvalue weighted by Crippen LogP contribution is -2.51. The Balaban J connectivity index is 1.44. The minimum Gasteiger partial charge on any atom is -0.377 e. The third-order valence-electron chi connectivity index (χ3n) is 6.40. The lowest BCUT2D eigenvalue weighted by Gasteiger charge is -2.44. The Labute approximate surface area is 155 Å². The van der Waals surface area contributed by atoms with Gasteiger partial charge in [0.2, 0.25) is 0 Å². The van der Waals surface area contributed by atoms with Crippen molar-refractivity contribution in [2.75, 3.05) is 5.32 Å². The average Bonchev–Trinajstić information content (AvgIpc) is 2.86. The van der Waals surface area contributed by atoms with Crippen molar-refractivity contribution in [2.45, 2.75) is 82.0 Å². The van der Waals surface area contributed by atoms with Crippen LogP contribution in [0.2, 0.25) is 0 Å². The summed E-state index contributed by atoms with van der Waals surface area (Å²) in [5.74, 6) is 0. The van der Waals surface area contributed by atoms with Gasteiger partial charge in [-0.05, 0) is 57.4 Å². The summed E-state index contributed by atoms with van der Waals surface area (Å²) in [6.45, 7) is 0. The fraction of sp³-hybridized carbons (Fsp3) is 0.619. The van der Waals surface area contributed by atoms with Gasteiger partial charge in [0, 0.05) is 30.2 Å². The van der Waals surface area contributed by atoms with Crippen molar-refractivity contribution in [2.24, 2.45) is 0 Å². The third kappa shape index (κ3) is 3.63. The third-order valence-corrected chi connectivity index (χ3v) is 6.40. The van der Waals surface area contributed by atoms with Gasteiger partial charge in [-0.2, -0.15) is 0 Å². The molecule has 26 heavy (non-hydrogen) atoms. The van der Waals surface area contributed by atoms with Crippen molar-refractivity contribution < 1.29 is 4.92 Å². The molecule has 2 aliphatic heterocycles. The standard InChI is InChI=1S/C21H29N3O2/c25-24(26)21-11-7-6-10-20(21)22-16-14-18-12-13-19(15-16)23(18)17-8-4-2-1-3-5-9-17/h2,4,6-7,10-11,16-19,22H,1,3,5,8-9,12-15H2/b4-2-. The number of nitrogens with one attached hydrogen (secondary N) is 1. The highest BCUT2D eigenvalue weighted by Crippen LogP contribution is 2.40. The fourth-order valence-corrected chi connectivity index (χ4v) is 5.30. The monoisotopic (exact) mass is 355 g/mol. The molecule has 3 aliphatic rings. The van der Waals surface area contributed by atoms with Crippen molar-refractivity contribution in [1.82, 2.24) is 4.90 Å². The van der Waals surface area contributed by atoms with E-state index in [2.05, 4.69) is 22.4 Å². The van der Waals surface area contributed by atoms with Gasteiger partial charge in [0.05, 0.1) is 4.92 Å². The number of anilines is 1. The number of nitrogens with zero attached hydrogens (tertiary/aromatic N) is 2. The number of nitro benzene ring substituents is 1. The van der Waals surface area contributed by atoms with Crippen molar-refractivity contribution in [1.29, 1.82) is 0 Å². The number of hydrogen-bond donors (Lipinski definition) is 1. The molecule has 0 aromatic heterocycles. The maximum atomic E-state index is 11.3. The summed E-state index contributed by atoms with van der Waals surface area (Å²) in [6, 6.07) is 9.33. The lowest BCUT2D eigenvalue weighted by molar-refractivity contribution is -0.384. The van der Waals surface area contributed by atoms with Crippen LogP contribution in [-0.4, -0.2) is 34.0 Å². The summed E-state index contributed by atoms with van der Waals surface area (Å²) < 4.78 is 0. The van der Waals surface area contributed by atoms with Crippen LogP contribution in [0.3, 0.4) is 0 Å². The molecular weight excluding hydrogens is 326 g/mol. The molecule has 2 bridgehead atoms. The summed E-state index contributed by atoms with van der Waals surface area (Å²) in [7, 11) is 0. The number of hydrogen-bond acceptors (Lipinski definition) is 4. The van der Waals surface area contributed by atoms with Gasteiger partial charge in [0.1, 0.15) is 5.69 Å². The molecule has 4 rings (SSSR count). The van der Waals surface area contributed by atoms with Gasteiger partial charge in [-0.25, -0.2) is 0 Å². The molecule has 0 amide bonds. The minimum absolute atomic E-state index is 0.187. The van der Waals surface area contributed by atoms with E-state index >= 15 is 0 Å². The van der Waals surface area contributed by atoms with Crippen LogP contribution in [0.25, 0.3) is 0 Å². The zero-order valence-corrected chi connectivity index (χ0v) is 15.3. The zero-order chi connectivity index (χ0) is 17.9. The molecule has 0 spiro atoms. The van der Waals surface area contributed by atoms with Gasteiger partial charge >= 0.3 is 0 Å². The first-order chi connectivity index (χ1) is 12.7. The van der Waals surface area contributed by atoms with E-state index in [1.807, 2.05) is 12.1 Å². The Morgan fingerprint density at radius 2 is 1.77 bits per heavy atom. The van der Waals surface area contributed by atoms with Gasteiger partial charge in [-0.15, -0.1) is 0 Å². The molecule has 3 unspecified atom stereocenters. The number of allylic oxidation sites excluding steroid dienone is 1. The second kappa shape index (κ2) is 7.78. The summed E-state index contributed by atoms with van der Waals surface area (Å²) in [4.78, 5) is 13.8. The van der Waals surface area contributed by atoms with Crippen LogP contribution < -0.4 is 5.32 Å². The molecule has 1 aliphatic carbocycles. The Morgan fingerprint density at radius 3 is 2.54 bits per heavy atom. The smallest absolute Gasteiger partial charge is 0.292 e. The van der Waals surface area contributed by atoms with Gasteiger partial charge in [0.25, 0.3) is 5.69 Å². The number of para-hydroxylation sites is 2. The SMILES string of the molecule is O=[N+]([O-])c1ccccc1NC1CC2CCC(C1)N2C1C/C=C\CCCC1. The van der Waals surface area contributed by atoms with Gasteiger partial charge in [0.15, 0.2) is 0 Å². The van der Waals surface area contributed by atoms with Gasteiger partial charge in [-0.3, -0.25) is 15.0 Å². The Morgan fingerprint density at radius 1 is 1.00 bits per heavy atom. The molecule has 2 fully saturated rings. The summed E-state index contributed by atoms with van der Waals surface area (Å²) >= 11 is 0. The topological polar surface area (TPSA) is 58.4 Å². The van der Waals surface area contributed by atoms with E-state index in [9.17, 15) is 10.1 Å². The van der Waals surface area contributed by atoms with Crippen molar-refractivity contribution in [3.8, 4) is 0 Å². The van der Waals surface area contributed by atoms with E-state index in [-0.39, 0.29) is 10.6 Å². The molecular formula is C21H29N3O2. The number of nitro groups is 1. The zero-order valence-electron chi connectivity index (χ0n) is 15.3. The molecule has 3 atom stereocenters. The molecule has 140 valence electrons. The Hall–Kier alpha value is -1.88. The molecule has 1 N–H and O–H groups in total. The molecule has 2 heterocycles. The molecule has 1 aromatic carbocycles. The highest BCUT2D eigenvalue weighted by Gasteiger charge is 2.43. The van der Waals surface area contributed by atoms with Crippen LogP contribution in [0.4, 0.5) is 11.4 Å². The molecule has 2 saturated heterocycles. The van der Waals surface area contributed by atoms with Crippen LogP contribution >= 0.6 is 0 Å². The predicted molar refractivity (Wildman–Crippen MR) is 104 cm³/mol.